The molecule has 21 heavy (non-hydrogen) atoms. The maximum absolute atomic E-state index is 13.1. The van der Waals surface area contributed by atoms with Gasteiger partial charge in [0.1, 0.15) is 23.9 Å². The predicted molar refractivity (Wildman–Crippen MR) is 79.4 cm³/mol. The zero-order valence-corrected chi connectivity index (χ0v) is 12.5. The third-order valence-electron chi connectivity index (χ3n) is 3.05. The Morgan fingerprint density at radius 2 is 2.00 bits per heavy atom. The van der Waals surface area contributed by atoms with Crippen LogP contribution in [0.5, 0.6) is 11.5 Å². The topological polar surface area (TPSA) is 38.7 Å². The Hall–Kier alpha value is -1.78. The summed E-state index contributed by atoms with van der Waals surface area (Å²) in [6.45, 7) is 1.87. The summed E-state index contributed by atoms with van der Waals surface area (Å²) >= 11 is 5.73. The average molecular weight is 311 g/mol. The van der Waals surface area contributed by atoms with Gasteiger partial charge in [0.05, 0.1) is 18.2 Å². The zero-order valence-electron chi connectivity index (χ0n) is 11.8. The van der Waals surface area contributed by atoms with Crippen molar-refractivity contribution in [1.82, 2.24) is 0 Å². The van der Waals surface area contributed by atoms with Crippen molar-refractivity contribution in [3.63, 3.8) is 0 Å². The molecule has 3 nitrogen and oxygen atoms in total. The van der Waals surface area contributed by atoms with Gasteiger partial charge in [0.2, 0.25) is 0 Å². The SMILES string of the molecule is COc1ccc([C@@H](C)O)c(OCc2ccc(F)c(Cl)c2)c1. The van der Waals surface area contributed by atoms with Gasteiger partial charge >= 0.3 is 0 Å². The Morgan fingerprint density at radius 1 is 1.24 bits per heavy atom. The van der Waals surface area contributed by atoms with Crippen molar-refractivity contribution in [3.8, 4) is 11.5 Å². The fourth-order valence-corrected chi connectivity index (χ4v) is 2.11. The molecule has 0 heterocycles. The minimum atomic E-state index is -0.664. The number of hydrogen-bond acceptors (Lipinski definition) is 3. The van der Waals surface area contributed by atoms with Gasteiger partial charge in [-0.2, -0.15) is 0 Å². The van der Waals surface area contributed by atoms with Crippen molar-refractivity contribution in [2.24, 2.45) is 0 Å². The van der Waals surface area contributed by atoms with Crippen molar-refractivity contribution < 1.29 is 19.0 Å². The van der Waals surface area contributed by atoms with E-state index < -0.39 is 11.9 Å². The first-order valence-corrected chi connectivity index (χ1v) is 6.81. The van der Waals surface area contributed by atoms with E-state index in [1.54, 1.807) is 38.3 Å². The first kappa shape index (κ1) is 15.6. The van der Waals surface area contributed by atoms with E-state index >= 15 is 0 Å². The van der Waals surface area contributed by atoms with Crippen molar-refractivity contribution in [2.75, 3.05) is 7.11 Å². The van der Waals surface area contributed by atoms with Gasteiger partial charge in [-0.25, -0.2) is 4.39 Å². The Balaban J connectivity index is 2.19. The van der Waals surface area contributed by atoms with Crippen LogP contribution in [0, 0.1) is 5.82 Å². The number of benzene rings is 2. The van der Waals surface area contributed by atoms with Gasteiger partial charge in [0.15, 0.2) is 0 Å². The van der Waals surface area contributed by atoms with E-state index in [4.69, 9.17) is 21.1 Å². The first-order valence-electron chi connectivity index (χ1n) is 6.44. The van der Waals surface area contributed by atoms with E-state index in [9.17, 15) is 9.50 Å². The number of ether oxygens (including phenoxy) is 2. The number of methoxy groups -OCH3 is 1. The molecule has 0 saturated heterocycles. The van der Waals surface area contributed by atoms with Crippen LogP contribution in [0.3, 0.4) is 0 Å². The first-order chi connectivity index (χ1) is 10.0. The molecule has 0 radical (unpaired) electrons. The molecule has 0 unspecified atom stereocenters. The number of rotatable bonds is 5. The summed E-state index contributed by atoms with van der Waals surface area (Å²) in [5.41, 5.74) is 1.39. The summed E-state index contributed by atoms with van der Waals surface area (Å²) < 4.78 is 24.0. The van der Waals surface area contributed by atoms with E-state index in [2.05, 4.69) is 0 Å². The summed E-state index contributed by atoms with van der Waals surface area (Å²) in [4.78, 5) is 0. The smallest absolute Gasteiger partial charge is 0.141 e. The lowest BCUT2D eigenvalue weighted by molar-refractivity contribution is 0.190. The van der Waals surface area contributed by atoms with E-state index in [0.29, 0.717) is 17.1 Å². The molecule has 0 aliphatic carbocycles. The highest BCUT2D eigenvalue weighted by Gasteiger charge is 2.11. The minimum Gasteiger partial charge on any atom is -0.497 e. The fourth-order valence-electron chi connectivity index (χ4n) is 1.90. The van der Waals surface area contributed by atoms with E-state index in [1.807, 2.05) is 0 Å². The van der Waals surface area contributed by atoms with E-state index in [-0.39, 0.29) is 11.6 Å². The van der Waals surface area contributed by atoms with Crippen LogP contribution in [0.25, 0.3) is 0 Å². The highest BCUT2D eigenvalue weighted by Crippen LogP contribution is 2.30. The van der Waals surface area contributed by atoms with E-state index in [1.165, 1.54) is 12.1 Å². The molecule has 0 aliphatic rings. The van der Waals surface area contributed by atoms with E-state index in [0.717, 1.165) is 5.56 Å². The van der Waals surface area contributed by atoms with Crippen LogP contribution in [-0.2, 0) is 6.61 Å². The van der Waals surface area contributed by atoms with Crippen LogP contribution in [0.2, 0.25) is 5.02 Å². The zero-order chi connectivity index (χ0) is 15.4. The van der Waals surface area contributed by atoms with Crippen LogP contribution in [0.1, 0.15) is 24.2 Å². The lowest BCUT2D eigenvalue weighted by atomic mass is 10.1. The molecule has 1 atom stereocenters. The van der Waals surface area contributed by atoms with Gasteiger partial charge in [-0.3, -0.25) is 0 Å². The summed E-state index contributed by atoms with van der Waals surface area (Å²) in [5.74, 6) is 0.683. The Morgan fingerprint density at radius 3 is 2.62 bits per heavy atom. The Kier molecular flexibility index (Phi) is 5.04. The van der Waals surface area contributed by atoms with Crippen molar-refractivity contribution in [2.45, 2.75) is 19.6 Å². The van der Waals surface area contributed by atoms with Gasteiger partial charge in [-0.1, -0.05) is 17.7 Å². The molecule has 0 fully saturated rings. The molecule has 2 rings (SSSR count). The standard InChI is InChI=1S/C16H16ClFO3/c1-10(19)13-5-4-12(20-2)8-16(13)21-9-11-3-6-15(18)14(17)7-11/h3-8,10,19H,9H2,1-2H3/t10-/m1/s1. The largest absolute Gasteiger partial charge is 0.497 e. The van der Waals surface area contributed by atoms with Crippen LogP contribution >= 0.6 is 11.6 Å². The number of aliphatic hydroxyl groups excluding tert-OH is 1. The molecule has 0 bridgehead atoms. The van der Waals surface area contributed by atoms with Gasteiger partial charge in [0.25, 0.3) is 0 Å². The maximum Gasteiger partial charge on any atom is 0.141 e. The molecule has 0 aromatic heterocycles. The van der Waals surface area contributed by atoms with Crippen LogP contribution in [0.4, 0.5) is 4.39 Å². The second-order valence-corrected chi connectivity index (χ2v) is 5.02. The highest BCUT2D eigenvalue weighted by atomic mass is 35.5. The molecule has 0 spiro atoms. The molecule has 2 aromatic rings. The van der Waals surface area contributed by atoms with Crippen molar-refractivity contribution >= 4 is 11.6 Å². The minimum absolute atomic E-state index is 0.0532. The summed E-state index contributed by atoms with van der Waals surface area (Å²) in [6, 6.07) is 9.61. The van der Waals surface area contributed by atoms with Crippen molar-refractivity contribution in [3.05, 3.63) is 58.4 Å². The molecule has 2 aromatic carbocycles. The summed E-state index contributed by atoms with van der Waals surface area (Å²) in [5, 5.41) is 9.81. The van der Waals surface area contributed by atoms with Gasteiger partial charge in [0, 0.05) is 11.6 Å². The normalized spacial score (nSPS) is 12.0. The highest BCUT2D eigenvalue weighted by molar-refractivity contribution is 6.30. The van der Waals surface area contributed by atoms with Crippen LogP contribution < -0.4 is 9.47 Å². The molecule has 5 heteroatoms. The summed E-state index contributed by atoms with van der Waals surface area (Å²) in [7, 11) is 1.56. The predicted octanol–water partition coefficient (Wildman–Crippen LogP) is 4.12. The number of aliphatic hydroxyl groups is 1. The molecule has 1 N–H and O–H groups in total. The van der Waals surface area contributed by atoms with Crippen molar-refractivity contribution in [1.29, 1.82) is 0 Å². The maximum atomic E-state index is 13.1. The molecular formula is C16H16ClFO3. The third-order valence-corrected chi connectivity index (χ3v) is 3.34. The quantitative estimate of drug-likeness (QED) is 0.903. The third kappa shape index (κ3) is 3.86. The van der Waals surface area contributed by atoms with Gasteiger partial charge in [-0.05, 0) is 36.8 Å². The Labute approximate surface area is 127 Å². The molecule has 0 saturated carbocycles. The van der Waals surface area contributed by atoms with Crippen LogP contribution in [0.15, 0.2) is 36.4 Å². The average Bonchev–Trinajstić information content (AvgIpc) is 2.48. The second kappa shape index (κ2) is 6.78. The fraction of sp³-hybridized carbons (Fsp3) is 0.250. The van der Waals surface area contributed by atoms with Crippen LogP contribution in [-0.4, -0.2) is 12.2 Å². The lowest BCUT2D eigenvalue weighted by Crippen LogP contribution is -2.02. The lowest BCUT2D eigenvalue weighted by Gasteiger charge is -2.15. The van der Waals surface area contributed by atoms with Gasteiger partial charge in [-0.15, -0.1) is 0 Å². The molecule has 0 aliphatic heterocycles. The molecule has 112 valence electrons. The second-order valence-electron chi connectivity index (χ2n) is 4.62. The number of halogens is 2. The Bertz CT molecular complexity index is 629. The van der Waals surface area contributed by atoms with Gasteiger partial charge < -0.3 is 14.6 Å². The number of hydrogen-bond donors (Lipinski definition) is 1. The summed E-state index contributed by atoms with van der Waals surface area (Å²) in [6.07, 6.45) is -0.664. The molecular weight excluding hydrogens is 295 g/mol. The monoisotopic (exact) mass is 310 g/mol. The molecule has 0 amide bonds.